The van der Waals surface area contributed by atoms with E-state index in [9.17, 15) is 4.79 Å². The SMILES string of the molecule is Cc1ccc(C=O)cc1OCCC(C)C. The second kappa shape index (κ2) is 5.54. The van der Waals surface area contributed by atoms with Crippen molar-refractivity contribution in [1.82, 2.24) is 0 Å². The van der Waals surface area contributed by atoms with Gasteiger partial charge < -0.3 is 4.74 Å². The van der Waals surface area contributed by atoms with Crippen LogP contribution in [-0.2, 0) is 0 Å². The fourth-order valence-electron chi connectivity index (χ4n) is 1.25. The summed E-state index contributed by atoms with van der Waals surface area (Å²) in [5.41, 5.74) is 1.74. The molecule has 0 unspecified atom stereocenters. The molecule has 0 aliphatic heterocycles. The fraction of sp³-hybridized carbons (Fsp3) is 0.462. The number of aldehydes is 1. The molecule has 1 aromatic rings. The van der Waals surface area contributed by atoms with Gasteiger partial charge in [0.15, 0.2) is 0 Å². The van der Waals surface area contributed by atoms with Crippen LogP contribution in [0.25, 0.3) is 0 Å². The molecule has 0 radical (unpaired) electrons. The van der Waals surface area contributed by atoms with Crippen molar-refractivity contribution in [2.24, 2.45) is 5.92 Å². The number of rotatable bonds is 5. The Labute approximate surface area is 91.3 Å². The van der Waals surface area contributed by atoms with E-state index in [0.29, 0.717) is 18.1 Å². The Balaban J connectivity index is 2.62. The van der Waals surface area contributed by atoms with Gasteiger partial charge in [0.1, 0.15) is 12.0 Å². The highest BCUT2D eigenvalue weighted by molar-refractivity contribution is 5.75. The van der Waals surface area contributed by atoms with Gasteiger partial charge in [-0.1, -0.05) is 26.0 Å². The van der Waals surface area contributed by atoms with Crippen molar-refractivity contribution < 1.29 is 9.53 Å². The van der Waals surface area contributed by atoms with Gasteiger partial charge in [0.2, 0.25) is 0 Å². The number of hydrogen-bond acceptors (Lipinski definition) is 2. The molecule has 82 valence electrons. The van der Waals surface area contributed by atoms with Crippen molar-refractivity contribution in [1.29, 1.82) is 0 Å². The van der Waals surface area contributed by atoms with Crippen molar-refractivity contribution >= 4 is 6.29 Å². The lowest BCUT2D eigenvalue weighted by atomic mass is 10.1. The van der Waals surface area contributed by atoms with Crippen LogP contribution in [0, 0.1) is 12.8 Å². The average molecular weight is 206 g/mol. The predicted octanol–water partition coefficient (Wildman–Crippen LogP) is 3.23. The van der Waals surface area contributed by atoms with Gasteiger partial charge in [0.05, 0.1) is 6.61 Å². The monoisotopic (exact) mass is 206 g/mol. The Bertz CT molecular complexity index is 329. The van der Waals surface area contributed by atoms with Crippen molar-refractivity contribution in [2.45, 2.75) is 27.2 Å². The van der Waals surface area contributed by atoms with Crippen LogP contribution in [0.4, 0.5) is 0 Å². The Morgan fingerprint density at radius 1 is 1.40 bits per heavy atom. The molecule has 15 heavy (non-hydrogen) atoms. The van der Waals surface area contributed by atoms with Crippen LogP contribution in [0.5, 0.6) is 5.75 Å². The molecule has 0 spiro atoms. The molecule has 0 saturated heterocycles. The summed E-state index contributed by atoms with van der Waals surface area (Å²) in [7, 11) is 0. The third-order valence-electron chi connectivity index (χ3n) is 2.30. The lowest BCUT2D eigenvalue weighted by Gasteiger charge is -2.10. The molecule has 0 aromatic heterocycles. The van der Waals surface area contributed by atoms with Gasteiger partial charge >= 0.3 is 0 Å². The molecule has 0 bridgehead atoms. The third kappa shape index (κ3) is 3.74. The van der Waals surface area contributed by atoms with Crippen LogP contribution in [0.1, 0.15) is 36.2 Å². The van der Waals surface area contributed by atoms with Gasteiger partial charge in [-0.2, -0.15) is 0 Å². The molecule has 2 heteroatoms. The Kier molecular flexibility index (Phi) is 4.35. The third-order valence-corrected chi connectivity index (χ3v) is 2.30. The normalized spacial score (nSPS) is 10.4. The zero-order chi connectivity index (χ0) is 11.3. The first-order valence-corrected chi connectivity index (χ1v) is 5.32. The van der Waals surface area contributed by atoms with E-state index in [4.69, 9.17) is 4.74 Å². The second-order valence-corrected chi connectivity index (χ2v) is 4.17. The Morgan fingerprint density at radius 3 is 2.73 bits per heavy atom. The number of hydrogen-bond donors (Lipinski definition) is 0. The number of benzene rings is 1. The highest BCUT2D eigenvalue weighted by Crippen LogP contribution is 2.19. The summed E-state index contributed by atoms with van der Waals surface area (Å²) in [6, 6.07) is 5.51. The van der Waals surface area contributed by atoms with Gasteiger partial charge in [-0.25, -0.2) is 0 Å². The highest BCUT2D eigenvalue weighted by Gasteiger charge is 2.01. The molecule has 0 aliphatic rings. The first kappa shape index (κ1) is 11.8. The second-order valence-electron chi connectivity index (χ2n) is 4.17. The quantitative estimate of drug-likeness (QED) is 0.691. The topological polar surface area (TPSA) is 26.3 Å². The van der Waals surface area contributed by atoms with E-state index >= 15 is 0 Å². The molecule has 0 heterocycles. The summed E-state index contributed by atoms with van der Waals surface area (Å²) < 4.78 is 5.63. The zero-order valence-electron chi connectivity index (χ0n) is 9.62. The molecular formula is C13H18O2. The number of aryl methyl sites for hydroxylation is 1. The van der Waals surface area contributed by atoms with Crippen LogP contribution in [0.15, 0.2) is 18.2 Å². The van der Waals surface area contributed by atoms with Crippen LogP contribution in [0.2, 0.25) is 0 Å². The van der Waals surface area contributed by atoms with E-state index in [1.165, 1.54) is 0 Å². The molecule has 0 amide bonds. The van der Waals surface area contributed by atoms with Crippen LogP contribution < -0.4 is 4.74 Å². The molecule has 2 nitrogen and oxygen atoms in total. The molecule has 0 aliphatic carbocycles. The van der Waals surface area contributed by atoms with Gasteiger partial charge in [-0.05, 0) is 30.9 Å². The summed E-state index contributed by atoms with van der Waals surface area (Å²) in [5.74, 6) is 1.46. The van der Waals surface area contributed by atoms with Gasteiger partial charge in [-0.3, -0.25) is 4.79 Å². The smallest absolute Gasteiger partial charge is 0.150 e. The van der Waals surface area contributed by atoms with E-state index in [0.717, 1.165) is 24.0 Å². The summed E-state index contributed by atoms with van der Waals surface area (Å²) in [6.45, 7) is 7.02. The summed E-state index contributed by atoms with van der Waals surface area (Å²) in [4.78, 5) is 10.6. The van der Waals surface area contributed by atoms with Gasteiger partial charge in [0, 0.05) is 5.56 Å². The van der Waals surface area contributed by atoms with Crippen LogP contribution in [-0.4, -0.2) is 12.9 Å². The maximum Gasteiger partial charge on any atom is 0.150 e. The van der Waals surface area contributed by atoms with E-state index < -0.39 is 0 Å². The minimum atomic E-state index is 0.638. The number of carbonyl (C=O) groups excluding carboxylic acids is 1. The molecule has 0 fully saturated rings. The van der Waals surface area contributed by atoms with E-state index in [-0.39, 0.29) is 0 Å². The molecular weight excluding hydrogens is 188 g/mol. The molecule has 0 saturated carbocycles. The lowest BCUT2D eigenvalue weighted by molar-refractivity contribution is 0.112. The lowest BCUT2D eigenvalue weighted by Crippen LogP contribution is -2.02. The summed E-state index contributed by atoms with van der Waals surface area (Å²) >= 11 is 0. The van der Waals surface area contributed by atoms with E-state index in [2.05, 4.69) is 13.8 Å². The molecule has 1 rings (SSSR count). The molecule has 1 aromatic carbocycles. The standard InChI is InChI=1S/C13H18O2/c1-10(2)6-7-15-13-8-12(9-14)5-4-11(13)3/h4-5,8-10H,6-7H2,1-3H3. The number of ether oxygens (including phenoxy) is 1. The van der Waals surface area contributed by atoms with Crippen molar-refractivity contribution in [3.8, 4) is 5.75 Å². The van der Waals surface area contributed by atoms with Crippen LogP contribution >= 0.6 is 0 Å². The minimum absolute atomic E-state index is 0.638. The van der Waals surface area contributed by atoms with Gasteiger partial charge in [0.25, 0.3) is 0 Å². The van der Waals surface area contributed by atoms with Crippen molar-refractivity contribution in [3.05, 3.63) is 29.3 Å². The summed E-state index contributed by atoms with van der Waals surface area (Å²) in [5, 5.41) is 0. The average Bonchev–Trinajstić information content (AvgIpc) is 2.20. The van der Waals surface area contributed by atoms with Crippen molar-refractivity contribution in [3.63, 3.8) is 0 Å². The maximum atomic E-state index is 10.6. The Hall–Kier alpha value is -1.31. The van der Waals surface area contributed by atoms with E-state index in [1.807, 2.05) is 13.0 Å². The predicted molar refractivity (Wildman–Crippen MR) is 61.5 cm³/mol. The van der Waals surface area contributed by atoms with E-state index in [1.54, 1.807) is 12.1 Å². The van der Waals surface area contributed by atoms with Crippen LogP contribution in [0.3, 0.4) is 0 Å². The first-order valence-electron chi connectivity index (χ1n) is 5.32. The van der Waals surface area contributed by atoms with Crippen molar-refractivity contribution in [2.75, 3.05) is 6.61 Å². The molecule has 0 N–H and O–H groups in total. The number of carbonyl (C=O) groups is 1. The Morgan fingerprint density at radius 2 is 2.13 bits per heavy atom. The summed E-state index contributed by atoms with van der Waals surface area (Å²) in [6.07, 6.45) is 1.87. The fourth-order valence-corrected chi connectivity index (χ4v) is 1.25. The maximum absolute atomic E-state index is 10.6. The largest absolute Gasteiger partial charge is 0.493 e. The first-order chi connectivity index (χ1) is 7.13. The van der Waals surface area contributed by atoms with Gasteiger partial charge in [-0.15, -0.1) is 0 Å². The minimum Gasteiger partial charge on any atom is -0.493 e. The highest BCUT2D eigenvalue weighted by atomic mass is 16.5. The molecule has 0 atom stereocenters. The zero-order valence-corrected chi connectivity index (χ0v) is 9.62.